The number of nitrogens with zero attached hydrogens (tertiary/aromatic N) is 2. The summed E-state index contributed by atoms with van der Waals surface area (Å²) in [5.41, 5.74) is 0.152. The quantitative estimate of drug-likeness (QED) is 0.311. The van der Waals surface area contributed by atoms with E-state index in [1.807, 2.05) is 0 Å². The molecule has 0 fully saturated rings. The lowest BCUT2D eigenvalue weighted by atomic mass is 10.1. The molecule has 0 unspecified atom stereocenters. The molecule has 0 N–H and O–H groups in total. The Balaban J connectivity index is 1.94. The van der Waals surface area contributed by atoms with Crippen molar-refractivity contribution < 1.29 is 23.5 Å². The molecule has 28 heavy (non-hydrogen) atoms. The second kappa shape index (κ2) is 8.85. The SMILES string of the molecule is CCOC(=O)c1sc2cccc(F)c2c1COC(=O)c1nc(SC)ncc1Cl. The molecule has 10 heteroatoms. The summed E-state index contributed by atoms with van der Waals surface area (Å²) in [6.45, 7) is 1.51. The Kier molecular flexibility index (Phi) is 6.48. The first-order chi connectivity index (χ1) is 13.5. The molecule has 0 aliphatic carbocycles. The number of aromatic nitrogens is 2. The number of esters is 2. The van der Waals surface area contributed by atoms with Crippen molar-refractivity contribution in [2.75, 3.05) is 12.9 Å². The number of thiophene rings is 1. The molecule has 2 heterocycles. The first kappa shape index (κ1) is 20.5. The largest absolute Gasteiger partial charge is 0.462 e. The molecule has 0 spiro atoms. The van der Waals surface area contributed by atoms with Gasteiger partial charge in [-0.05, 0) is 25.3 Å². The van der Waals surface area contributed by atoms with Gasteiger partial charge in [-0.1, -0.05) is 29.4 Å². The Hall–Kier alpha value is -2.23. The van der Waals surface area contributed by atoms with Crippen molar-refractivity contribution in [3.05, 3.63) is 51.4 Å². The fraction of sp³-hybridized carbons (Fsp3) is 0.222. The average molecular weight is 441 g/mol. The van der Waals surface area contributed by atoms with Gasteiger partial charge in [0, 0.05) is 15.6 Å². The number of rotatable bonds is 6. The number of fused-ring (bicyclic) bond motifs is 1. The van der Waals surface area contributed by atoms with Gasteiger partial charge in [-0.15, -0.1) is 11.3 Å². The van der Waals surface area contributed by atoms with Crippen LogP contribution in [0.2, 0.25) is 5.02 Å². The van der Waals surface area contributed by atoms with Gasteiger partial charge in [0.2, 0.25) is 0 Å². The van der Waals surface area contributed by atoms with Crippen molar-refractivity contribution in [1.82, 2.24) is 9.97 Å². The van der Waals surface area contributed by atoms with E-state index >= 15 is 0 Å². The van der Waals surface area contributed by atoms with Crippen molar-refractivity contribution >= 4 is 56.7 Å². The lowest BCUT2D eigenvalue weighted by molar-refractivity contribution is 0.0448. The van der Waals surface area contributed by atoms with Crippen molar-refractivity contribution in [3.8, 4) is 0 Å². The van der Waals surface area contributed by atoms with Gasteiger partial charge in [-0.2, -0.15) is 0 Å². The van der Waals surface area contributed by atoms with Gasteiger partial charge < -0.3 is 9.47 Å². The molecule has 1 aromatic carbocycles. The van der Waals surface area contributed by atoms with E-state index in [4.69, 9.17) is 21.1 Å². The zero-order valence-corrected chi connectivity index (χ0v) is 17.2. The lowest BCUT2D eigenvalue weighted by Gasteiger charge is -2.08. The predicted octanol–water partition coefficient (Wildman–Crippen LogP) is 4.74. The Morgan fingerprint density at radius 1 is 1.29 bits per heavy atom. The fourth-order valence-corrected chi connectivity index (χ4v) is 4.09. The first-order valence-electron chi connectivity index (χ1n) is 8.06. The highest BCUT2D eigenvalue weighted by Gasteiger charge is 2.24. The van der Waals surface area contributed by atoms with Crippen LogP contribution in [0.5, 0.6) is 0 Å². The molecule has 3 aromatic rings. The van der Waals surface area contributed by atoms with Crippen LogP contribution in [0.3, 0.4) is 0 Å². The van der Waals surface area contributed by atoms with E-state index in [9.17, 15) is 14.0 Å². The molecule has 0 saturated heterocycles. The van der Waals surface area contributed by atoms with E-state index in [-0.39, 0.29) is 39.8 Å². The first-order valence-corrected chi connectivity index (χ1v) is 10.5. The second-order valence-corrected chi connectivity index (χ2v) is 7.61. The highest BCUT2D eigenvalue weighted by Crippen LogP contribution is 2.34. The highest BCUT2D eigenvalue weighted by molar-refractivity contribution is 7.98. The van der Waals surface area contributed by atoms with E-state index in [2.05, 4.69) is 9.97 Å². The summed E-state index contributed by atoms with van der Waals surface area (Å²) < 4.78 is 25.3. The summed E-state index contributed by atoms with van der Waals surface area (Å²) in [4.78, 5) is 32.9. The van der Waals surface area contributed by atoms with Gasteiger partial charge in [0.1, 0.15) is 17.3 Å². The molecule has 6 nitrogen and oxygen atoms in total. The van der Waals surface area contributed by atoms with E-state index in [0.29, 0.717) is 9.86 Å². The molecule has 0 radical (unpaired) electrons. The minimum absolute atomic E-state index is 0.0368. The standard InChI is InChI=1S/C18H14ClFN2O4S2/c1-3-25-17(24)15-9(13-11(20)5-4-6-12(13)28-15)8-26-16(23)14-10(19)7-21-18(22-14)27-2/h4-7H,3,8H2,1-2H3. The van der Waals surface area contributed by atoms with Crippen LogP contribution in [-0.2, 0) is 16.1 Å². The van der Waals surface area contributed by atoms with E-state index in [1.54, 1.807) is 25.3 Å². The predicted molar refractivity (Wildman–Crippen MR) is 106 cm³/mol. The van der Waals surface area contributed by atoms with Crippen LogP contribution >= 0.6 is 34.7 Å². The third kappa shape index (κ3) is 4.11. The van der Waals surface area contributed by atoms with Crippen LogP contribution in [0, 0.1) is 5.82 Å². The van der Waals surface area contributed by atoms with Gasteiger partial charge in [0.15, 0.2) is 10.9 Å². The third-order valence-corrected chi connectivity index (χ3v) is 5.69. The normalized spacial score (nSPS) is 10.9. The summed E-state index contributed by atoms with van der Waals surface area (Å²) in [5, 5.41) is 0.618. The molecule has 0 bridgehead atoms. The monoisotopic (exact) mass is 440 g/mol. The fourth-order valence-electron chi connectivity index (χ4n) is 2.47. The van der Waals surface area contributed by atoms with Crippen molar-refractivity contribution in [1.29, 1.82) is 0 Å². The minimum atomic E-state index is -0.798. The van der Waals surface area contributed by atoms with E-state index < -0.39 is 17.8 Å². The maximum absolute atomic E-state index is 14.4. The molecule has 0 atom stereocenters. The van der Waals surface area contributed by atoms with Crippen LogP contribution in [0.15, 0.2) is 29.6 Å². The Morgan fingerprint density at radius 3 is 2.79 bits per heavy atom. The summed E-state index contributed by atoms with van der Waals surface area (Å²) in [6, 6.07) is 4.51. The Bertz CT molecular complexity index is 1060. The van der Waals surface area contributed by atoms with Crippen molar-refractivity contribution in [2.24, 2.45) is 0 Å². The van der Waals surface area contributed by atoms with E-state index in [1.165, 1.54) is 24.0 Å². The van der Waals surface area contributed by atoms with Crippen molar-refractivity contribution in [3.63, 3.8) is 0 Å². The third-order valence-electron chi connectivity index (χ3n) is 3.67. The van der Waals surface area contributed by atoms with Gasteiger partial charge in [-0.3, -0.25) is 0 Å². The zero-order valence-electron chi connectivity index (χ0n) is 14.8. The van der Waals surface area contributed by atoms with Crippen LogP contribution in [0.4, 0.5) is 4.39 Å². The number of carbonyl (C=O) groups excluding carboxylic acids is 2. The number of carbonyl (C=O) groups is 2. The van der Waals surface area contributed by atoms with Crippen LogP contribution < -0.4 is 0 Å². The smallest absolute Gasteiger partial charge is 0.358 e. The summed E-state index contributed by atoms with van der Waals surface area (Å²) in [7, 11) is 0. The summed E-state index contributed by atoms with van der Waals surface area (Å²) in [5.74, 6) is -1.91. The number of hydrogen-bond donors (Lipinski definition) is 0. The van der Waals surface area contributed by atoms with E-state index in [0.717, 1.165) is 11.3 Å². The minimum Gasteiger partial charge on any atom is -0.462 e. The van der Waals surface area contributed by atoms with Crippen LogP contribution in [-0.4, -0.2) is 34.8 Å². The van der Waals surface area contributed by atoms with Crippen LogP contribution in [0.25, 0.3) is 10.1 Å². The van der Waals surface area contributed by atoms with Gasteiger partial charge >= 0.3 is 11.9 Å². The molecule has 2 aromatic heterocycles. The summed E-state index contributed by atoms with van der Waals surface area (Å²) in [6.07, 6.45) is 3.06. The number of ether oxygens (including phenoxy) is 2. The average Bonchev–Trinajstić information content (AvgIpc) is 3.07. The molecular weight excluding hydrogens is 427 g/mol. The highest BCUT2D eigenvalue weighted by atomic mass is 35.5. The molecule has 146 valence electrons. The van der Waals surface area contributed by atoms with Gasteiger partial charge in [0.25, 0.3) is 0 Å². The molecule has 0 aliphatic rings. The topological polar surface area (TPSA) is 78.4 Å². The number of halogens is 2. The van der Waals surface area contributed by atoms with Crippen molar-refractivity contribution in [2.45, 2.75) is 18.7 Å². The van der Waals surface area contributed by atoms with Gasteiger partial charge in [-0.25, -0.2) is 23.9 Å². The molecular formula is C18H14ClFN2O4S2. The molecule has 0 amide bonds. The maximum atomic E-state index is 14.4. The Morgan fingerprint density at radius 2 is 2.07 bits per heavy atom. The summed E-state index contributed by atoms with van der Waals surface area (Å²) >= 11 is 8.31. The number of hydrogen-bond acceptors (Lipinski definition) is 8. The van der Waals surface area contributed by atoms with Gasteiger partial charge in [0.05, 0.1) is 17.8 Å². The Labute approximate surface area is 173 Å². The number of benzene rings is 1. The number of thioether (sulfide) groups is 1. The maximum Gasteiger partial charge on any atom is 0.358 e. The molecule has 3 rings (SSSR count). The van der Waals surface area contributed by atoms with Crippen LogP contribution in [0.1, 0.15) is 32.6 Å². The molecule has 0 aliphatic heterocycles. The zero-order chi connectivity index (χ0) is 20.3. The lowest BCUT2D eigenvalue weighted by Crippen LogP contribution is -2.12. The molecule has 0 saturated carbocycles. The second-order valence-electron chi connectivity index (χ2n) is 5.37.